The normalized spacial score (nSPS) is 10.6. The minimum Gasteiger partial charge on any atom is -0.486 e. The van der Waals surface area contributed by atoms with Crippen molar-refractivity contribution in [3.05, 3.63) is 65.2 Å². The molecule has 0 spiro atoms. The molecule has 1 N–H and O–H groups in total. The fourth-order valence-corrected chi connectivity index (χ4v) is 3.09. The molecule has 2 aromatic carbocycles. The molecule has 0 aliphatic rings. The molecule has 140 valence electrons. The summed E-state index contributed by atoms with van der Waals surface area (Å²) >= 11 is 7.16. The second-order valence-electron chi connectivity index (χ2n) is 5.55. The zero-order valence-corrected chi connectivity index (χ0v) is 15.9. The van der Waals surface area contributed by atoms with E-state index in [9.17, 15) is 9.18 Å². The molecule has 0 saturated carbocycles. The Hall–Kier alpha value is -2.58. The maximum absolute atomic E-state index is 12.9. The van der Waals surface area contributed by atoms with Gasteiger partial charge in [0, 0.05) is 17.8 Å². The SMILES string of the molecule is Cn1c(COc2ccc(F)cc2)nnc1SCC(=O)Nc1cccc(Cl)c1. The Kier molecular flexibility index (Phi) is 6.31. The van der Waals surface area contributed by atoms with E-state index < -0.39 is 0 Å². The van der Waals surface area contributed by atoms with Crippen molar-refractivity contribution >= 4 is 35.0 Å². The number of benzene rings is 2. The molecule has 6 nitrogen and oxygen atoms in total. The van der Waals surface area contributed by atoms with Crippen molar-refractivity contribution in [2.45, 2.75) is 11.8 Å². The summed E-state index contributed by atoms with van der Waals surface area (Å²) in [6.07, 6.45) is 0. The maximum Gasteiger partial charge on any atom is 0.234 e. The van der Waals surface area contributed by atoms with E-state index in [1.165, 1.54) is 23.9 Å². The highest BCUT2D eigenvalue weighted by atomic mass is 35.5. The van der Waals surface area contributed by atoms with Crippen LogP contribution in [0.5, 0.6) is 5.75 Å². The molecule has 0 aliphatic carbocycles. The van der Waals surface area contributed by atoms with E-state index >= 15 is 0 Å². The first-order chi connectivity index (χ1) is 13.0. The lowest BCUT2D eigenvalue weighted by Crippen LogP contribution is -2.14. The van der Waals surface area contributed by atoms with Crippen molar-refractivity contribution in [1.29, 1.82) is 0 Å². The third-order valence-corrected chi connectivity index (χ3v) is 4.80. The summed E-state index contributed by atoms with van der Waals surface area (Å²) in [5.41, 5.74) is 0.638. The van der Waals surface area contributed by atoms with Gasteiger partial charge in [-0.3, -0.25) is 4.79 Å². The molecular weight excluding hydrogens is 391 g/mol. The van der Waals surface area contributed by atoms with Gasteiger partial charge in [-0.15, -0.1) is 10.2 Å². The number of amides is 1. The van der Waals surface area contributed by atoms with E-state index in [1.54, 1.807) is 48.0 Å². The number of anilines is 1. The average molecular weight is 407 g/mol. The summed E-state index contributed by atoms with van der Waals surface area (Å²) in [6, 6.07) is 12.7. The zero-order valence-electron chi connectivity index (χ0n) is 14.4. The van der Waals surface area contributed by atoms with Crippen molar-refractivity contribution in [3.63, 3.8) is 0 Å². The summed E-state index contributed by atoms with van der Waals surface area (Å²) in [7, 11) is 1.79. The number of nitrogens with one attached hydrogen (secondary N) is 1. The van der Waals surface area contributed by atoms with Gasteiger partial charge in [0.25, 0.3) is 0 Å². The van der Waals surface area contributed by atoms with Crippen LogP contribution in [0.15, 0.2) is 53.7 Å². The molecule has 0 unspecified atom stereocenters. The number of hydrogen-bond acceptors (Lipinski definition) is 5. The minimum absolute atomic E-state index is 0.172. The maximum atomic E-state index is 12.9. The molecule has 3 aromatic rings. The third kappa shape index (κ3) is 5.45. The Balaban J connectivity index is 1.52. The number of aromatic nitrogens is 3. The molecule has 3 rings (SSSR count). The van der Waals surface area contributed by atoms with Crippen LogP contribution in [-0.4, -0.2) is 26.4 Å². The van der Waals surface area contributed by atoms with E-state index in [1.807, 2.05) is 0 Å². The van der Waals surface area contributed by atoms with Gasteiger partial charge in [0.15, 0.2) is 11.0 Å². The lowest BCUT2D eigenvalue weighted by molar-refractivity contribution is -0.113. The van der Waals surface area contributed by atoms with Gasteiger partial charge in [-0.25, -0.2) is 4.39 Å². The topological polar surface area (TPSA) is 69.0 Å². The number of carbonyl (C=O) groups is 1. The first-order valence-corrected chi connectivity index (χ1v) is 9.32. The van der Waals surface area contributed by atoms with Crippen LogP contribution in [0.25, 0.3) is 0 Å². The number of thioether (sulfide) groups is 1. The Morgan fingerprint density at radius 2 is 2.04 bits per heavy atom. The average Bonchev–Trinajstić information content (AvgIpc) is 2.99. The second kappa shape index (κ2) is 8.88. The predicted molar refractivity (Wildman–Crippen MR) is 103 cm³/mol. The van der Waals surface area contributed by atoms with Gasteiger partial charge >= 0.3 is 0 Å². The van der Waals surface area contributed by atoms with E-state index in [-0.39, 0.29) is 24.1 Å². The van der Waals surface area contributed by atoms with Crippen LogP contribution in [0.2, 0.25) is 5.02 Å². The van der Waals surface area contributed by atoms with Crippen molar-refractivity contribution < 1.29 is 13.9 Å². The van der Waals surface area contributed by atoms with Crippen LogP contribution >= 0.6 is 23.4 Å². The van der Waals surface area contributed by atoms with Crippen molar-refractivity contribution in [3.8, 4) is 5.75 Å². The Bertz CT molecular complexity index is 933. The third-order valence-electron chi connectivity index (χ3n) is 3.55. The van der Waals surface area contributed by atoms with Crippen LogP contribution in [-0.2, 0) is 18.4 Å². The molecule has 0 atom stereocenters. The van der Waals surface area contributed by atoms with Gasteiger partial charge in [-0.1, -0.05) is 29.4 Å². The van der Waals surface area contributed by atoms with Crippen LogP contribution in [0.3, 0.4) is 0 Å². The number of carbonyl (C=O) groups excluding carboxylic acids is 1. The van der Waals surface area contributed by atoms with E-state index in [0.29, 0.717) is 27.4 Å². The lowest BCUT2D eigenvalue weighted by Gasteiger charge is -2.07. The van der Waals surface area contributed by atoms with Crippen molar-refractivity contribution in [1.82, 2.24) is 14.8 Å². The second-order valence-corrected chi connectivity index (χ2v) is 6.93. The fourth-order valence-electron chi connectivity index (χ4n) is 2.17. The summed E-state index contributed by atoms with van der Waals surface area (Å²) in [5, 5.41) is 12.1. The first kappa shape index (κ1) is 19.2. The van der Waals surface area contributed by atoms with E-state index in [2.05, 4.69) is 15.5 Å². The number of halogens is 2. The molecule has 0 saturated heterocycles. The minimum atomic E-state index is -0.323. The highest BCUT2D eigenvalue weighted by Gasteiger charge is 2.12. The molecule has 27 heavy (non-hydrogen) atoms. The Morgan fingerprint density at radius 1 is 1.26 bits per heavy atom. The summed E-state index contributed by atoms with van der Waals surface area (Å²) in [6.45, 7) is 0.185. The molecule has 0 fully saturated rings. The molecular formula is C18H16ClFN4O2S. The summed E-state index contributed by atoms with van der Waals surface area (Å²) < 4.78 is 20.2. The van der Waals surface area contributed by atoms with Gasteiger partial charge in [-0.05, 0) is 42.5 Å². The number of hydrogen-bond donors (Lipinski definition) is 1. The predicted octanol–water partition coefficient (Wildman–Crippen LogP) is 3.92. The molecule has 0 radical (unpaired) electrons. The van der Waals surface area contributed by atoms with Crippen LogP contribution in [0, 0.1) is 5.82 Å². The monoisotopic (exact) mass is 406 g/mol. The number of ether oxygens (including phenoxy) is 1. The molecule has 9 heteroatoms. The standard InChI is InChI=1S/C18H16ClFN4O2S/c1-24-16(10-26-15-7-5-13(20)6-8-15)22-23-18(24)27-11-17(25)21-14-4-2-3-12(19)9-14/h2-9H,10-11H2,1H3,(H,21,25). The zero-order chi connectivity index (χ0) is 19.2. The van der Waals surface area contributed by atoms with Crippen LogP contribution in [0.4, 0.5) is 10.1 Å². The van der Waals surface area contributed by atoms with Gasteiger partial charge in [0.1, 0.15) is 18.2 Å². The summed E-state index contributed by atoms with van der Waals surface area (Å²) in [4.78, 5) is 12.1. The summed E-state index contributed by atoms with van der Waals surface area (Å²) in [5.74, 6) is 0.814. The first-order valence-electron chi connectivity index (χ1n) is 7.96. The fraction of sp³-hybridized carbons (Fsp3) is 0.167. The van der Waals surface area contributed by atoms with E-state index in [4.69, 9.17) is 16.3 Å². The molecule has 0 aliphatic heterocycles. The van der Waals surface area contributed by atoms with Crippen molar-refractivity contribution in [2.75, 3.05) is 11.1 Å². The molecule has 1 heterocycles. The quantitative estimate of drug-likeness (QED) is 0.602. The van der Waals surface area contributed by atoms with Gasteiger partial charge < -0.3 is 14.6 Å². The smallest absolute Gasteiger partial charge is 0.234 e. The van der Waals surface area contributed by atoms with Gasteiger partial charge in [0.05, 0.1) is 5.75 Å². The van der Waals surface area contributed by atoms with Gasteiger partial charge in [-0.2, -0.15) is 0 Å². The highest BCUT2D eigenvalue weighted by Crippen LogP contribution is 2.19. The Morgan fingerprint density at radius 3 is 2.78 bits per heavy atom. The number of nitrogens with zero attached hydrogens (tertiary/aromatic N) is 3. The molecule has 1 aromatic heterocycles. The highest BCUT2D eigenvalue weighted by molar-refractivity contribution is 7.99. The van der Waals surface area contributed by atoms with E-state index in [0.717, 1.165) is 0 Å². The lowest BCUT2D eigenvalue weighted by atomic mass is 10.3. The number of rotatable bonds is 7. The Labute approximate surface area is 164 Å². The largest absolute Gasteiger partial charge is 0.486 e. The molecule has 0 bridgehead atoms. The molecule has 1 amide bonds. The van der Waals surface area contributed by atoms with Crippen LogP contribution < -0.4 is 10.1 Å². The van der Waals surface area contributed by atoms with Crippen molar-refractivity contribution in [2.24, 2.45) is 7.05 Å². The van der Waals surface area contributed by atoms with Crippen LogP contribution in [0.1, 0.15) is 5.82 Å². The van der Waals surface area contributed by atoms with Gasteiger partial charge in [0.2, 0.25) is 5.91 Å².